The van der Waals surface area contributed by atoms with Crippen LogP contribution in [0.1, 0.15) is 27.2 Å². The van der Waals surface area contributed by atoms with E-state index in [1.807, 2.05) is 13.8 Å². The number of rotatable bonds is 3. The lowest BCUT2D eigenvalue weighted by Crippen LogP contribution is -2.02. The first-order chi connectivity index (χ1) is 8.47. The van der Waals surface area contributed by atoms with Crippen LogP contribution in [0.5, 0.6) is 0 Å². The van der Waals surface area contributed by atoms with Gasteiger partial charge in [0.05, 0.1) is 21.8 Å². The van der Waals surface area contributed by atoms with Gasteiger partial charge in [0.2, 0.25) is 0 Å². The molecule has 0 saturated heterocycles. The number of hydrogen-bond donors (Lipinski definition) is 1. The maximum Gasteiger partial charge on any atom is 0.141 e. The summed E-state index contributed by atoms with van der Waals surface area (Å²) < 4.78 is 13.0. The van der Waals surface area contributed by atoms with Crippen molar-refractivity contribution in [3.05, 3.63) is 50.2 Å². The van der Waals surface area contributed by atoms with Gasteiger partial charge in [0.15, 0.2) is 0 Å². The normalized spacial score (nSPS) is 12.7. The minimum atomic E-state index is -0.715. The summed E-state index contributed by atoms with van der Waals surface area (Å²) in [4.78, 5) is 5.51. The summed E-state index contributed by atoms with van der Waals surface area (Å²) in [5, 5.41) is 11.0. The van der Waals surface area contributed by atoms with E-state index in [4.69, 9.17) is 11.6 Å². The minimum Gasteiger partial charge on any atom is -0.388 e. The molecule has 2 nitrogen and oxygen atoms in total. The molecule has 0 aliphatic carbocycles. The molecule has 96 valence electrons. The molecule has 0 saturated carbocycles. The Kier molecular flexibility index (Phi) is 4.00. The Morgan fingerprint density at radius 2 is 2.17 bits per heavy atom. The van der Waals surface area contributed by atoms with E-state index in [9.17, 15) is 9.50 Å². The maximum absolute atomic E-state index is 13.0. The SMILES string of the molecule is Cc1nc(CC(O)c2ccc(F)c(Cl)c2)sc1C. The molecule has 18 heavy (non-hydrogen) atoms. The third kappa shape index (κ3) is 2.88. The van der Waals surface area contributed by atoms with E-state index in [0.717, 1.165) is 15.6 Å². The largest absolute Gasteiger partial charge is 0.388 e. The first-order valence-corrected chi connectivity index (χ1v) is 6.72. The third-order valence-electron chi connectivity index (χ3n) is 2.77. The van der Waals surface area contributed by atoms with Crippen LogP contribution in [-0.2, 0) is 6.42 Å². The Morgan fingerprint density at radius 1 is 1.44 bits per heavy atom. The number of thiazole rings is 1. The molecule has 1 unspecified atom stereocenters. The second kappa shape index (κ2) is 5.34. The Bertz CT molecular complexity index is 551. The van der Waals surface area contributed by atoms with E-state index in [1.165, 1.54) is 12.1 Å². The standard InChI is InChI=1S/C13H13ClFNOS/c1-7-8(2)18-13(16-7)6-12(17)9-3-4-11(15)10(14)5-9/h3-5,12,17H,6H2,1-2H3. The zero-order valence-electron chi connectivity index (χ0n) is 10.1. The summed E-state index contributed by atoms with van der Waals surface area (Å²) in [6.45, 7) is 3.94. The van der Waals surface area contributed by atoms with Gasteiger partial charge in [-0.05, 0) is 31.5 Å². The lowest BCUT2D eigenvalue weighted by atomic mass is 10.1. The maximum atomic E-state index is 13.0. The second-order valence-electron chi connectivity index (χ2n) is 4.14. The van der Waals surface area contributed by atoms with Crippen LogP contribution in [0.2, 0.25) is 5.02 Å². The van der Waals surface area contributed by atoms with Gasteiger partial charge in [0.25, 0.3) is 0 Å². The van der Waals surface area contributed by atoms with Gasteiger partial charge in [0.1, 0.15) is 5.82 Å². The summed E-state index contributed by atoms with van der Waals surface area (Å²) in [6, 6.07) is 4.26. The van der Waals surface area contributed by atoms with E-state index in [1.54, 1.807) is 17.4 Å². The number of benzene rings is 1. The van der Waals surface area contributed by atoms with Crippen LogP contribution in [-0.4, -0.2) is 10.1 Å². The number of aryl methyl sites for hydroxylation is 2. The fourth-order valence-corrected chi connectivity index (χ4v) is 2.79. The monoisotopic (exact) mass is 285 g/mol. The fraction of sp³-hybridized carbons (Fsp3) is 0.308. The van der Waals surface area contributed by atoms with Gasteiger partial charge in [0, 0.05) is 11.3 Å². The molecule has 0 radical (unpaired) electrons. The number of aromatic nitrogens is 1. The van der Waals surface area contributed by atoms with Gasteiger partial charge in [-0.3, -0.25) is 0 Å². The lowest BCUT2D eigenvalue weighted by Gasteiger charge is -2.09. The van der Waals surface area contributed by atoms with Gasteiger partial charge in [-0.2, -0.15) is 0 Å². The molecule has 1 aromatic carbocycles. The summed E-state index contributed by atoms with van der Waals surface area (Å²) in [5.74, 6) is -0.478. The summed E-state index contributed by atoms with van der Waals surface area (Å²) in [5.41, 5.74) is 1.59. The zero-order valence-corrected chi connectivity index (χ0v) is 11.6. The highest BCUT2D eigenvalue weighted by molar-refractivity contribution is 7.11. The van der Waals surface area contributed by atoms with E-state index in [0.29, 0.717) is 12.0 Å². The number of nitrogens with zero attached hydrogens (tertiary/aromatic N) is 1. The molecule has 2 rings (SSSR count). The molecule has 1 N–H and O–H groups in total. The zero-order chi connectivity index (χ0) is 13.3. The van der Waals surface area contributed by atoms with Crippen LogP contribution in [0, 0.1) is 19.7 Å². The van der Waals surface area contributed by atoms with Crippen LogP contribution >= 0.6 is 22.9 Å². The number of aliphatic hydroxyl groups excluding tert-OH is 1. The second-order valence-corrected chi connectivity index (χ2v) is 5.84. The number of hydrogen-bond acceptors (Lipinski definition) is 3. The summed E-state index contributed by atoms with van der Waals surface area (Å²) >= 11 is 7.26. The van der Waals surface area contributed by atoms with Crippen molar-refractivity contribution in [2.24, 2.45) is 0 Å². The van der Waals surface area contributed by atoms with Crippen LogP contribution < -0.4 is 0 Å². The van der Waals surface area contributed by atoms with Crippen molar-refractivity contribution in [2.45, 2.75) is 26.4 Å². The average Bonchev–Trinajstić information content (AvgIpc) is 2.61. The van der Waals surface area contributed by atoms with Crippen LogP contribution in [0.25, 0.3) is 0 Å². The predicted molar refractivity (Wildman–Crippen MR) is 71.7 cm³/mol. The molecule has 1 aromatic heterocycles. The Labute approximate surface area is 114 Å². The predicted octanol–water partition coefficient (Wildman–Crippen LogP) is 3.83. The quantitative estimate of drug-likeness (QED) is 0.930. The Morgan fingerprint density at radius 3 is 2.72 bits per heavy atom. The molecule has 2 aromatic rings. The van der Waals surface area contributed by atoms with E-state index in [2.05, 4.69) is 4.98 Å². The molecule has 0 aliphatic heterocycles. The van der Waals surface area contributed by atoms with Gasteiger partial charge in [-0.15, -0.1) is 11.3 Å². The van der Waals surface area contributed by atoms with Gasteiger partial charge >= 0.3 is 0 Å². The van der Waals surface area contributed by atoms with Gasteiger partial charge < -0.3 is 5.11 Å². The summed E-state index contributed by atoms with van der Waals surface area (Å²) in [6.07, 6.45) is -0.297. The van der Waals surface area contributed by atoms with Crippen molar-refractivity contribution in [3.8, 4) is 0 Å². The first-order valence-electron chi connectivity index (χ1n) is 5.53. The molecule has 0 spiro atoms. The molecule has 5 heteroatoms. The topological polar surface area (TPSA) is 33.1 Å². The van der Waals surface area contributed by atoms with Gasteiger partial charge in [-0.25, -0.2) is 9.37 Å². The van der Waals surface area contributed by atoms with Crippen molar-refractivity contribution in [3.63, 3.8) is 0 Å². The average molecular weight is 286 g/mol. The van der Waals surface area contributed by atoms with Crippen molar-refractivity contribution in [1.82, 2.24) is 4.98 Å². The molecule has 0 aliphatic rings. The van der Waals surface area contributed by atoms with E-state index >= 15 is 0 Å². The minimum absolute atomic E-state index is 0.0260. The fourth-order valence-electron chi connectivity index (χ4n) is 1.63. The highest BCUT2D eigenvalue weighted by Gasteiger charge is 2.13. The number of halogens is 2. The van der Waals surface area contributed by atoms with Crippen molar-refractivity contribution >= 4 is 22.9 Å². The highest BCUT2D eigenvalue weighted by atomic mass is 35.5. The van der Waals surface area contributed by atoms with Gasteiger partial charge in [-0.1, -0.05) is 17.7 Å². The van der Waals surface area contributed by atoms with Crippen molar-refractivity contribution in [1.29, 1.82) is 0 Å². The van der Waals surface area contributed by atoms with Crippen LogP contribution in [0.15, 0.2) is 18.2 Å². The van der Waals surface area contributed by atoms with Crippen molar-refractivity contribution < 1.29 is 9.50 Å². The smallest absolute Gasteiger partial charge is 0.141 e. The van der Waals surface area contributed by atoms with Crippen LogP contribution in [0.3, 0.4) is 0 Å². The molecule has 0 fully saturated rings. The third-order valence-corrected chi connectivity index (χ3v) is 4.15. The van der Waals surface area contributed by atoms with Crippen molar-refractivity contribution in [2.75, 3.05) is 0 Å². The molecule has 1 heterocycles. The van der Waals surface area contributed by atoms with E-state index in [-0.39, 0.29) is 5.02 Å². The molecular formula is C13H13ClFNOS. The Balaban J connectivity index is 2.16. The number of aliphatic hydroxyl groups is 1. The molecular weight excluding hydrogens is 273 g/mol. The summed E-state index contributed by atoms with van der Waals surface area (Å²) in [7, 11) is 0. The first kappa shape index (κ1) is 13.5. The molecule has 1 atom stereocenters. The molecule has 0 bridgehead atoms. The Hall–Kier alpha value is -0.970. The molecule has 0 amide bonds. The lowest BCUT2D eigenvalue weighted by molar-refractivity contribution is 0.178. The van der Waals surface area contributed by atoms with E-state index < -0.39 is 11.9 Å². The highest BCUT2D eigenvalue weighted by Crippen LogP contribution is 2.26. The van der Waals surface area contributed by atoms with Crippen LogP contribution in [0.4, 0.5) is 4.39 Å².